The van der Waals surface area contributed by atoms with Crippen LogP contribution in [0.4, 0.5) is 0 Å². The number of aromatic nitrogens is 3. The van der Waals surface area contributed by atoms with Crippen molar-refractivity contribution in [2.45, 2.75) is 25.2 Å². The fraction of sp³-hybridized carbons (Fsp3) is 0.308. The number of aromatic amines is 1. The number of pyridine rings is 1. The van der Waals surface area contributed by atoms with Gasteiger partial charge in [-0.3, -0.25) is 4.98 Å². The van der Waals surface area contributed by atoms with E-state index in [4.69, 9.17) is 0 Å². The van der Waals surface area contributed by atoms with E-state index in [0.717, 1.165) is 30.7 Å². The molecule has 0 saturated heterocycles. The Morgan fingerprint density at radius 2 is 2.18 bits per heavy atom. The lowest BCUT2D eigenvalue weighted by Crippen LogP contribution is -2.18. The zero-order valence-electron chi connectivity index (χ0n) is 9.39. The van der Waals surface area contributed by atoms with Gasteiger partial charge in [-0.05, 0) is 37.0 Å². The van der Waals surface area contributed by atoms with Gasteiger partial charge in [0.1, 0.15) is 0 Å². The molecule has 0 amide bonds. The third kappa shape index (κ3) is 1.86. The lowest BCUT2D eigenvalue weighted by molar-refractivity contribution is 0.585. The van der Waals surface area contributed by atoms with Gasteiger partial charge >= 0.3 is 5.69 Å². The molecule has 0 spiro atoms. The van der Waals surface area contributed by atoms with Crippen LogP contribution in [0.2, 0.25) is 0 Å². The van der Waals surface area contributed by atoms with Crippen LogP contribution in [0.3, 0.4) is 0 Å². The maximum absolute atomic E-state index is 11.3. The Morgan fingerprint density at radius 3 is 3.06 bits per heavy atom. The molecule has 0 saturated carbocycles. The molecule has 4 heteroatoms. The van der Waals surface area contributed by atoms with Crippen molar-refractivity contribution in [1.29, 1.82) is 0 Å². The summed E-state index contributed by atoms with van der Waals surface area (Å²) in [5.74, 6) is 0.204. The topological polar surface area (TPSA) is 58.6 Å². The Bertz CT molecular complexity index is 591. The molecule has 17 heavy (non-hydrogen) atoms. The fourth-order valence-electron chi connectivity index (χ4n) is 2.50. The van der Waals surface area contributed by atoms with Gasteiger partial charge < -0.3 is 4.98 Å². The van der Waals surface area contributed by atoms with E-state index in [-0.39, 0.29) is 11.6 Å². The largest absolute Gasteiger partial charge is 0.345 e. The molecule has 2 heterocycles. The van der Waals surface area contributed by atoms with E-state index in [1.807, 2.05) is 18.3 Å². The van der Waals surface area contributed by atoms with E-state index in [1.54, 1.807) is 6.20 Å². The average Bonchev–Trinajstić information content (AvgIpc) is 2.38. The normalized spacial score (nSPS) is 18.7. The van der Waals surface area contributed by atoms with Gasteiger partial charge in [0.25, 0.3) is 0 Å². The number of fused-ring (bicyclic) bond motifs is 1. The molecule has 0 aliphatic heterocycles. The quantitative estimate of drug-likeness (QED) is 0.805. The zero-order valence-corrected chi connectivity index (χ0v) is 9.39. The third-order valence-electron chi connectivity index (χ3n) is 3.27. The highest BCUT2D eigenvalue weighted by molar-refractivity contribution is 5.31. The van der Waals surface area contributed by atoms with Gasteiger partial charge in [0.2, 0.25) is 0 Å². The number of H-pyrrole nitrogens is 1. The van der Waals surface area contributed by atoms with Crippen LogP contribution in [0.25, 0.3) is 0 Å². The molecular formula is C13H13N3O. The Kier molecular flexibility index (Phi) is 2.48. The van der Waals surface area contributed by atoms with E-state index in [2.05, 4.69) is 21.0 Å². The Balaban J connectivity index is 2.09. The fourth-order valence-corrected chi connectivity index (χ4v) is 2.50. The number of rotatable bonds is 1. The van der Waals surface area contributed by atoms with E-state index in [9.17, 15) is 4.79 Å². The summed E-state index contributed by atoms with van der Waals surface area (Å²) >= 11 is 0. The second kappa shape index (κ2) is 4.13. The van der Waals surface area contributed by atoms with Crippen LogP contribution in [0, 0.1) is 0 Å². The summed E-state index contributed by atoms with van der Waals surface area (Å²) in [6.45, 7) is 0. The number of nitrogens with zero attached hydrogens (tertiary/aromatic N) is 2. The highest BCUT2D eigenvalue weighted by Gasteiger charge is 2.23. The Hall–Kier alpha value is -1.97. The standard InChI is InChI=1S/C13H13N3O/c17-13-15-8-6-11(16-13)10-5-1-3-9-4-2-7-14-12(9)10/h2,4,6-8,10H,1,3,5H2,(H,15,16,17). The summed E-state index contributed by atoms with van der Waals surface area (Å²) < 4.78 is 0. The highest BCUT2D eigenvalue weighted by Crippen LogP contribution is 2.33. The zero-order chi connectivity index (χ0) is 11.7. The third-order valence-corrected chi connectivity index (χ3v) is 3.27. The van der Waals surface area contributed by atoms with Crippen molar-refractivity contribution in [2.24, 2.45) is 0 Å². The summed E-state index contributed by atoms with van der Waals surface area (Å²) in [6.07, 6.45) is 6.62. The monoisotopic (exact) mass is 227 g/mol. The smallest absolute Gasteiger partial charge is 0.309 e. The Morgan fingerprint density at radius 1 is 1.24 bits per heavy atom. The molecule has 2 aromatic rings. The van der Waals surface area contributed by atoms with Crippen LogP contribution in [-0.2, 0) is 6.42 Å². The molecule has 0 fully saturated rings. The van der Waals surface area contributed by atoms with Gasteiger partial charge in [-0.1, -0.05) is 6.07 Å². The molecule has 2 aromatic heterocycles. The van der Waals surface area contributed by atoms with Crippen LogP contribution in [0.1, 0.15) is 35.7 Å². The first kappa shape index (κ1) is 10.2. The molecule has 0 aromatic carbocycles. The first-order chi connectivity index (χ1) is 8.34. The maximum Gasteiger partial charge on any atom is 0.345 e. The van der Waals surface area contributed by atoms with E-state index in [1.165, 1.54) is 5.56 Å². The first-order valence-electron chi connectivity index (χ1n) is 5.83. The molecule has 1 unspecified atom stereocenters. The summed E-state index contributed by atoms with van der Waals surface area (Å²) in [4.78, 5) is 22.2. The van der Waals surface area contributed by atoms with Crippen molar-refractivity contribution in [3.8, 4) is 0 Å². The van der Waals surface area contributed by atoms with Gasteiger partial charge in [0.15, 0.2) is 0 Å². The predicted octanol–water partition coefficient (Wildman–Crippen LogP) is 1.63. The number of hydrogen-bond acceptors (Lipinski definition) is 3. The minimum absolute atomic E-state index is 0.204. The van der Waals surface area contributed by atoms with Crippen LogP contribution in [-0.4, -0.2) is 15.0 Å². The minimum Gasteiger partial charge on any atom is -0.309 e. The van der Waals surface area contributed by atoms with Crippen molar-refractivity contribution in [3.63, 3.8) is 0 Å². The highest BCUT2D eigenvalue weighted by atomic mass is 16.1. The van der Waals surface area contributed by atoms with Gasteiger partial charge in [-0.15, -0.1) is 0 Å². The molecule has 1 aliphatic carbocycles. The number of aryl methyl sites for hydroxylation is 1. The van der Waals surface area contributed by atoms with Gasteiger partial charge in [0, 0.05) is 24.0 Å². The molecule has 4 nitrogen and oxygen atoms in total. The maximum atomic E-state index is 11.3. The lowest BCUT2D eigenvalue weighted by Gasteiger charge is -2.23. The molecule has 1 aliphatic rings. The van der Waals surface area contributed by atoms with Gasteiger partial charge in [-0.25, -0.2) is 9.78 Å². The molecule has 0 radical (unpaired) electrons. The van der Waals surface area contributed by atoms with Crippen molar-refractivity contribution in [2.75, 3.05) is 0 Å². The van der Waals surface area contributed by atoms with Crippen LogP contribution in [0.5, 0.6) is 0 Å². The Labute approximate surface area is 98.8 Å². The summed E-state index contributed by atoms with van der Waals surface area (Å²) in [5.41, 5.74) is 3.03. The average molecular weight is 227 g/mol. The lowest BCUT2D eigenvalue weighted by atomic mass is 9.84. The summed E-state index contributed by atoms with van der Waals surface area (Å²) in [5, 5.41) is 0. The SMILES string of the molecule is O=c1nccc(C2CCCc3cccnc32)[nH]1. The van der Waals surface area contributed by atoms with Gasteiger partial charge in [-0.2, -0.15) is 0 Å². The van der Waals surface area contributed by atoms with Gasteiger partial charge in [0.05, 0.1) is 5.69 Å². The van der Waals surface area contributed by atoms with Crippen molar-refractivity contribution in [1.82, 2.24) is 15.0 Å². The van der Waals surface area contributed by atoms with E-state index in [0.29, 0.717) is 0 Å². The molecule has 1 N–H and O–H groups in total. The second-order valence-corrected chi connectivity index (χ2v) is 4.32. The first-order valence-corrected chi connectivity index (χ1v) is 5.83. The number of nitrogens with one attached hydrogen (secondary N) is 1. The van der Waals surface area contributed by atoms with E-state index < -0.39 is 0 Å². The molecule has 0 bridgehead atoms. The molecular weight excluding hydrogens is 214 g/mol. The summed E-state index contributed by atoms with van der Waals surface area (Å²) in [6, 6.07) is 5.96. The van der Waals surface area contributed by atoms with Crippen molar-refractivity contribution < 1.29 is 0 Å². The predicted molar refractivity (Wildman–Crippen MR) is 63.9 cm³/mol. The van der Waals surface area contributed by atoms with Crippen molar-refractivity contribution in [3.05, 3.63) is 58.0 Å². The summed E-state index contributed by atoms with van der Waals surface area (Å²) in [7, 11) is 0. The molecule has 1 atom stereocenters. The van der Waals surface area contributed by atoms with Crippen LogP contribution >= 0.6 is 0 Å². The van der Waals surface area contributed by atoms with E-state index >= 15 is 0 Å². The second-order valence-electron chi connectivity index (χ2n) is 4.32. The molecule has 86 valence electrons. The molecule has 3 rings (SSSR count). The van der Waals surface area contributed by atoms with Crippen LogP contribution < -0.4 is 5.69 Å². The number of hydrogen-bond donors (Lipinski definition) is 1. The minimum atomic E-state index is -0.287. The van der Waals surface area contributed by atoms with Crippen molar-refractivity contribution >= 4 is 0 Å². The van der Waals surface area contributed by atoms with Crippen LogP contribution in [0.15, 0.2) is 35.4 Å².